The van der Waals surface area contributed by atoms with Gasteiger partial charge in [-0.25, -0.2) is 38.4 Å². The fourth-order valence-corrected chi connectivity index (χ4v) is 13.5. The number of carbonyl (C=O) groups is 8. The van der Waals surface area contributed by atoms with Gasteiger partial charge in [0.05, 0.1) is 51.6 Å². The van der Waals surface area contributed by atoms with Crippen LogP contribution in [0.5, 0.6) is 11.9 Å². The highest BCUT2D eigenvalue weighted by atomic mass is 16.8. The van der Waals surface area contributed by atoms with Crippen molar-refractivity contribution in [2.24, 2.45) is 5.92 Å². The summed E-state index contributed by atoms with van der Waals surface area (Å²) in [6.07, 6.45) is -18.2. The molecule has 26 nitrogen and oxygen atoms in total. The molecule has 107 heavy (non-hydrogen) atoms. The number of aromatic carboxylic acids is 1. The molecule has 4 N–H and O–H groups in total. The Kier molecular flexibility index (Phi) is 25.4. The normalized spacial score (nSPS) is 23.8. The summed E-state index contributed by atoms with van der Waals surface area (Å²) in [6.45, 7) is 0.561. The smallest absolute Gasteiger partial charge is 0.357 e. The maximum Gasteiger partial charge on any atom is 0.357 e. The summed E-state index contributed by atoms with van der Waals surface area (Å²) in [5.74, 6) is -9.33. The molecule has 556 valence electrons. The number of esters is 7. The summed E-state index contributed by atoms with van der Waals surface area (Å²) < 4.78 is 79.7. The molecule has 2 saturated heterocycles. The Bertz CT molecular complexity index is 4320. The molecule has 12 rings (SSSR count). The first kappa shape index (κ1) is 75.3. The number of ether oxygens (including phenoxy) is 12. The Balaban J connectivity index is 1.01. The van der Waals surface area contributed by atoms with E-state index < -0.39 is 163 Å². The third-order valence-electron chi connectivity index (χ3n) is 18.8. The minimum Gasteiger partial charge on any atom is -0.492 e. The molecule has 26 heteroatoms. The van der Waals surface area contributed by atoms with Crippen molar-refractivity contribution < 1.29 is 111 Å². The van der Waals surface area contributed by atoms with Crippen molar-refractivity contribution in [1.82, 2.24) is 9.97 Å². The van der Waals surface area contributed by atoms with E-state index in [-0.39, 0.29) is 71.6 Å². The van der Waals surface area contributed by atoms with Crippen LogP contribution in [0.4, 0.5) is 5.69 Å². The summed E-state index contributed by atoms with van der Waals surface area (Å²) in [5, 5.41) is 35.6. The molecule has 2 aliphatic carbocycles. The van der Waals surface area contributed by atoms with Crippen molar-refractivity contribution in [3.05, 3.63) is 257 Å². The van der Waals surface area contributed by atoms with Gasteiger partial charge in [0, 0.05) is 0 Å². The van der Waals surface area contributed by atoms with Gasteiger partial charge in [-0.1, -0.05) is 172 Å². The Morgan fingerprint density at radius 1 is 0.458 bits per heavy atom. The van der Waals surface area contributed by atoms with Crippen LogP contribution >= 0.6 is 0 Å². The van der Waals surface area contributed by atoms with E-state index in [2.05, 4.69) is 15.3 Å². The molecular formula is C81H79N3O23. The zero-order valence-electron chi connectivity index (χ0n) is 58.0. The van der Waals surface area contributed by atoms with Gasteiger partial charge >= 0.3 is 53.8 Å². The summed E-state index contributed by atoms with van der Waals surface area (Å²) in [5.41, 5.74) is -0.575. The number of nitrogens with zero attached hydrogens (tertiary/aromatic N) is 2. The number of carbonyl (C=O) groups excluding carboxylic acids is 7. The number of aromatic nitrogens is 2. The quantitative estimate of drug-likeness (QED) is 0.0274. The van der Waals surface area contributed by atoms with Crippen molar-refractivity contribution in [2.75, 3.05) is 11.9 Å². The maximum atomic E-state index is 15.1. The third kappa shape index (κ3) is 19.4. The van der Waals surface area contributed by atoms with Gasteiger partial charge in [-0.3, -0.25) is 0 Å². The van der Waals surface area contributed by atoms with Crippen molar-refractivity contribution in [1.29, 1.82) is 0 Å². The SMILES string of the molecule is C[C@@H]1O[C@@H](O[C@@H]2[C@@H](Nc3c(O)nc(O)nc3C(=O)O)CCC[C@H]2O[C@@H]2O[C@H](COC(=O)c3ccccc3)[C@H](OC(=O)c3ccccc3)[C@H](O[C@@H](CC3CCCCC3)C(=O)OCc3ccccc3)[C@H]2OC(=O)c2ccccc2)[C@@H](OC(=O)c2ccccc2)[C@H](OC(=O)c2ccccc2)[C@@H]1OC(=O)c1ccccc1. The molecule has 7 aromatic carbocycles. The van der Waals surface area contributed by atoms with Crippen LogP contribution in [0.1, 0.15) is 143 Å². The highest BCUT2D eigenvalue weighted by Gasteiger charge is 2.57. The van der Waals surface area contributed by atoms with E-state index in [1.165, 1.54) is 79.7 Å². The Morgan fingerprint density at radius 3 is 1.39 bits per heavy atom. The van der Waals surface area contributed by atoms with E-state index in [9.17, 15) is 44.1 Å². The number of aromatic hydroxyl groups is 2. The molecule has 3 heterocycles. The first-order valence-corrected chi connectivity index (χ1v) is 35.3. The first-order chi connectivity index (χ1) is 52.0. The van der Waals surface area contributed by atoms with Crippen LogP contribution < -0.4 is 5.32 Å². The molecule has 0 amide bonds. The lowest BCUT2D eigenvalue weighted by Crippen LogP contribution is -2.65. The second-order valence-electron chi connectivity index (χ2n) is 26.2. The highest BCUT2D eigenvalue weighted by molar-refractivity contribution is 5.94. The van der Waals surface area contributed by atoms with Crippen LogP contribution in [-0.2, 0) is 68.2 Å². The largest absolute Gasteiger partial charge is 0.492 e. The van der Waals surface area contributed by atoms with E-state index in [1.807, 2.05) is 6.07 Å². The molecule has 4 aliphatic rings. The molecule has 0 spiro atoms. The first-order valence-electron chi connectivity index (χ1n) is 35.3. The van der Waals surface area contributed by atoms with Crippen molar-refractivity contribution in [2.45, 2.75) is 157 Å². The molecule has 8 aromatic rings. The molecule has 2 aliphatic heterocycles. The molecule has 2 saturated carbocycles. The van der Waals surface area contributed by atoms with Crippen LogP contribution in [0, 0.1) is 5.92 Å². The molecule has 0 radical (unpaired) electrons. The van der Waals surface area contributed by atoms with Gasteiger partial charge in [0.25, 0.3) is 0 Å². The second-order valence-corrected chi connectivity index (χ2v) is 26.2. The Labute approximate surface area is 615 Å². The van der Waals surface area contributed by atoms with Crippen LogP contribution in [0.2, 0.25) is 0 Å². The van der Waals surface area contributed by atoms with Crippen LogP contribution in [0.15, 0.2) is 212 Å². The van der Waals surface area contributed by atoms with Gasteiger partial charge in [-0.05, 0) is 117 Å². The van der Waals surface area contributed by atoms with Gasteiger partial charge < -0.3 is 77.5 Å². The van der Waals surface area contributed by atoms with E-state index >= 15 is 9.59 Å². The van der Waals surface area contributed by atoms with Crippen LogP contribution in [-0.4, -0.2) is 165 Å². The van der Waals surface area contributed by atoms with Crippen molar-refractivity contribution in [3.63, 3.8) is 0 Å². The van der Waals surface area contributed by atoms with E-state index in [0.29, 0.717) is 18.4 Å². The van der Waals surface area contributed by atoms with Gasteiger partial charge in [0.2, 0.25) is 5.88 Å². The number of benzene rings is 7. The lowest BCUT2D eigenvalue weighted by molar-refractivity contribution is -0.343. The van der Waals surface area contributed by atoms with E-state index in [1.54, 1.807) is 133 Å². The number of hydrogen-bond acceptors (Lipinski definition) is 25. The maximum absolute atomic E-state index is 15.1. The summed E-state index contributed by atoms with van der Waals surface area (Å²) in [7, 11) is 0. The number of carboxylic acids is 1. The van der Waals surface area contributed by atoms with Gasteiger partial charge in [-0.15, -0.1) is 0 Å². The molecule has 0 bridgehead atoms. The van der Waals surface area contributed by atoms with Crippen molar-refractivity contribution >= 4 is 53.4 Å². The number of hydrogen-bond donors (Lipinski definition) is 4. The minimum atomic E-state index is -1.98. The molecular weight excluding hydrogens is 1380 g/mol. The summed E-state index contributed by atoms with van der Waals surface area (Å²) in [4.78, 5) is 123. The Hall–Kier alpha value is -11.4. The van der Waals surface area contributed by atoms with Crippen LogP contribution in [0.3, 0.4) is 0 Å². The zero-order valence-corrected chi connectivity index (χ0v) is 58.0. The topological polar surface area (TPSA) is 346 Å². The number of carboxylic acid groups (broad SMARTS) is 1. The fourth-order valence-electron chi connectivity index (χ4n) is 13.5. The number of anilines is 1. The van der Waals surface area contributed by atoms with Gasteiger partial charge in [-0.2, -0.15) is 9.97 Å². The van der Waals surface area contributed by atoms with E-state index in [0.717, 1.165) is 19.3 Å². The molecule has 1 aromatic heterocycles. The van der Waals surface area contributed by atoms with Crippen LogP contribution in [0.25, 0.3) is 0 Å². The lowest BCUT2D eigenvalue weighted by atomic mass is 9.85. The second kappa shape index (κ2) is 36.0. The van der Waals surface area contributed by atoms with Gasteiger partial charge in [0.15, 0.2) is 54.9 Å². The fraction of sp³-hybridized carbons (Fsp3) is 0.333. The predicted octanol–water partition coefficient (Wildman–Crippen LogP) is 11.2. The predicted molar refractivity (Wildman–Crippen MR) is 377 cm³/mol. The summed E-state index contributed by atoms with van der Waals surface area (Å²) in [6, 6.07) is 53.5. The number of rotatable bonds is 27. The average Bonchev–Trinajstić information content (AvgIpc) is 0.769. The highest BCUT2D eigenvalue weighted by Crippen LogP contribution is 2.41. The summed E-state index contributed by atoms with van der Waals surface area (Å²) >= 11 is 0. The standard InChI is InChI=1S/C81H79N3O23/c1-48-63(102-73(89)52-33-16-5-17-34-52)66(104-75(91)54-37-20-7-21-38-54)68(105-76(92)55-39-22-8-23-40-55)79(98-48)107-64-57(82-61-62(71(86)87)83-81(95)84-70(61)85)43-26-44-58(64)100-80-69(106-77(93)56-41-24-9-25-42-56)67(99-59(45-49-27-10-2-11-28-49)78(94)96-46-50-29-12-3-13-30-50)65(103-74(90)53-35-18-6-19-36-53)60(101-80)47-97-72(88)51-31-14-4-15-32-51/h3-9,12-25,29-42,48-49,57-60,63-69,79-80,82H,2,10-11,26-28,43-47H2,1H3,(H,86,87)(H2,83,84,85,95)/t48-,57-,58+,59-,60+,63+,64+,65-,66+,67-,68-,69+,79-,80+/m0/s1. The Morgan fingerprint density at radius 2 is 0.897 bits per heavy atom. The molecule has 14 atom stereocenters. The zero-order chi connectivity index (χ0) is 74.8. The minimum absolute atomic E-state index is 0.00240. The van der Waals surface area contributed by atoms with Crippen molar-refractivity contribution in [3.8, 4) is 11.9 Å². The molecule has 4 fully saturated rings. The lowest BCUT2D eigenvalue weighted by Gasteiger charge is -2.49. The van der Waals surface area contributed by atoms with E-state index in [4.69, 9.17) is 56.8 Å². The molecule has 0 unspecified atom stereocenters. The third-order valence-corrected chi connectivity index (χ3v) is 18.8. The average molecular weight is 1460 g/mol. The van der Waals surface area contributed by atoms with Gasteiger partial charge in [0.1, 0.15) is 37.2 Å². The number of nitrogens with one attached hydrogen (secondary N) is 1. The monoisotopic (exact) mass is 1460 g/mol.